The van der Waals surface area contributed by atoms with Gasteiger partial charge in [-0.2, -0.15) is 5.10 Å². The number of nitrogens with zero attached hydrogens (tertiary/aromatic N) is 3. The molecule has 0 aromatic carbocycles. The van der Waals surface area contributed by atoms with Crippen molar-refractivity contribution in [1.82, 2.24) is 25.3 Å². The number of piperidine rings is 1. The third-order valence-electron chi connectivity index (χ3n) is 3.81. The van der Waals surface area contributed by atoms with E-state index in [0.29, 0.717) is 13.1 Å². The molecule has 0 spiro atoms. The van der Waals surface area contributed by atoms with Gasteiger partial charge in [-0.1, -0.05) is 6.42 Å². The number of hydrogen-bond acceptors (Lipinski definition) is 4. The lowest BCUT2D eigenvalue weighted by Gasteiger charge is -2.28. The Labute approximate surface area is 131 Å². The number of hydrogen-bond donors (Lipinski definition) is 3. The van der Waals surface area contributed by atoms with E-state index in [1.807, 2.05) is 19.2 Å². The van der Waals surface area contributed by atoms with Gasteiger partial charge in [0.25, 0.3) is 0 Å². The number of rotatable bonds is 7. The molecule has 2 rings (SSSR count). The quantitative estimate of drug-likeness (QED) is 0.682. The average Bonchev–Trinajstić information content (AvgIpc) is 2.99. The highest BCUT2D eigenvalue weighted by atomic mass is 16.3. The van der Waals surface area contributed by atoms with Crippen molar-refractivity contribution >= 4 is 6.03 Å². The third-order valence-corrected chi connectivity index (χ3v) is 3.81. The lowest BCUT2D eigenvalue weighted by molar-refractivity contribution is 0.101. The number of aliphatic hydroxyl groups is 1. The number of nitrogens with one attached hydrogen (secondary N) is 2. The number of aliphatic hydroxyl groups excluding tert-OH is 1. The van der Waals surface area contributed by atoms with Crippen molar-refractivity contribution in [3.63, 3.8) is 0 Å². The second kappa shape index (κ2) is 8.75. The maximum atomic E-state index is 11.8. The van der Waals surface area contributed by atoms with Gasteiger partial charge < -0.3 is 20.6 Å². The predicted octanol–water partition coefficient (Wildman–Crippen LogP) is 0.418. The van der Waals surface area contributed by atoms with Crippen LogP contribution in [0.5, 0.6) is 0 Å². The van der Waals surface area contributed by atoms with E-state index in [9.17, 15) is 9.90 Å². The molecular formula is C15H27N5O2. The van der Waals surface area contributed by atoms with Crippen molar-refractivity contribution in [3.05, 3.63) is 18.5 Å². The molecular weight excluding hydrogens is 282 g/mol. The lowest BCUT2D eigenvalue weighted by atomic mass is 10.1. The Morgan fingerprint density at radius 3 is 2.77 bits per heavy atom. The molecule has 1 fully saturated rings. The summed E-state index contributed by atoms with van der Waals surface area (Å²) in [5.41, 5.74) is 0. The molecule has 1 aliphatic rings. The highest BCUT2D eigenvalue weighted by Gasteiger charge is 2.15. The fraction of sp³-hybridized carbons (Fsp3) is 0.733. The molecule has 1 aliphatic heterocycles. The van der Waals surface area contributed by atoms with Gasteiger partial charge in [-0.15, -0.1) is 0 Å². The molecule has 0 aliphatic carbocycles. The third kappa shape index (κ3) is 6.03. The molecule has 1 saturated heterocycles. The van der Waals surface area contributed by atoms with Gasteiger partial charge in [0.2, 0.25) is 0 Å². The highest BCUT2D eigenvalue weighted by molar-refractivity contribution is 5.74. The van der Waals surface area contributed by atoms with Gasteiger partial charge in [-0.05, 0) is 38.9 Å². The van der Waals surface area contributed by atoms with Crippen LogP contribution in [0.4, 0.5) is 4.79 Å². The summed E-state index contributed by atoms with van der Waals surface area (Å²) < 4.78 is 1.77. The summed E-state index contributed by atoms with van der Waals surface area (Å²) in [6, 6.07) is 1.57. The molecule has 2 amide bonds. The van der Waals surface area contributed by atoms with Gasteiger partial charge in [-0.3, -0.25) is 4.68 Å². The predicted molar refractivity (Wildman–Crippen MR) is 84.5 cm³/mol. The molecule has 22 heavy (non-hydrogen) atoms. The molecule has 0 radical (unpaired) electrons. The van der Waals surface area contributed by atoms with E-state index < -0.39 is 6.10 Å². The number of amides is 2. The van der Waals surface area contributed by atoms with Crippen molar-refractivity contribution < 1.29 is 9.90 Å². The molecule has 1 aromatic heterocycles. The van der Waals surface area contributed by atoms with Crippen molar-refractivity contribution in [2.45, 2.75) is 44.9 Å². The number of urea groups is 1. The van der Waals surface area contributed by atoms with Crippen molar-refractivity contribution in [2.24, 2.45) is 0 Å². The van der Waals surface area contributed by atoms with Gasteiger partial charge >= 0.3 is 6.03 Å². The molecule has 7 heteroatoms. The number of carbonyl (C=O) groups excluding carboxylic acids is 1. The van der Waals surface area contributed by atoms with Gasteiger partial charge in [0.15, 0.2) is 0 Å². The zero-order valence-electron chi connectivity index (χ0n) is 13.2. The first kappa shape index (κ1) is 16.8. The Kier molecular flexibility index (Phi) is 6.67. The largest absolute Gasteiger partial charge is 0.390 e. The Balaban J connectivity index is 1.59. The first-order chi connectivity index (χ1) is 10.6. The van der Waals surface area contributed by atoms with E-state index >= 15 is 0 Å². The Bertz CT molecular complexity index is 431. The second-order valence-corrected chi connectivity index (χ2v) is 6.00. The van der Waals surface area contributed by atoms with Crippen molar-refractivity contribution in [1.29, 1.82) is 0 Å². The molecule has 7 nitrogen and oxygen atoms in total. The second-order valence-electron chi connectivity index (χ2n) is 6.00. The van der Waals surface area contributed by atoms with Gasteiger partial charge in [0, 0.05) is 31.5 Å². The Morgan fingerprint density at radius 1 is 1.32 bits per heavy atom. The number of carbonyl (C=O) groups is 1. The average molecular weight is 309 g/mol. The van der Waals surface area contributed by atoms with Crippen LogP contribution in [0.15, 0.2) is 18.5 Å². The normalized spacial score (nSPS) is 18.6. The van der Waals surface area contributed by atoms with Gasteiger partial charge in [-0.25, -0.2) is 4.79 Å². The lowest BCUT2D eigenvalue weighted by Crippen LogP contribution is -2.47. The smallest absolute Gasteiger partial charge is 0.315 e. The van der Waals surface area contributed by atoms with Crippen LogP contribution in [0.1, 0.15) is 26.2 Å². The minimum Gasteiger partial charge on any atom is -0.390 e. The van der Waals surface area contributed by atoms with E-state index in [1.54, 1.807) is 10.9 Å². The fourth-order valence-corrected chi connectivity index (χ4v) is 2.72. The molecule has 2 atom stereocenters. The molecule has 124 valence electrons. The fourth-order valence-electron chi connectivity index (χ4n) is 2.72. The van der Waals surface area contributed by atoms with E-state index in [-0.39, 0.29) is 18.6 Å². The van der Waals surface area contributed by atoms with E-state index in [4.69, 9.17) is 0 Å². The van der Waals surface area contributed by atoms with Crippen LogP contribution in [0.25, 0.3) is 0 Å². The van der Waals surface area contributed by atoms with Crippen LogP contribution in [-0.4, -0.2) is 64.1 Å². The first-order valence-corrected chi connectivity index (χ1v) is 8.05. The van der Waals surface area contributed by atoms with Crippen molar-refractivity contribution in [2.75, 3.05) is 26.2 Å². The number of β-amino-alcohol motifs (C(OH)–C–C–N with tert-alkyl or cyclic N) is 1. The van der Waals surface area contributed by atoms with E-state index in [0.717, 1.165) is 13.1 Å². The molecule has 0 saturated carbocycles. The van der Waals surface area contributed by atoms with E-state index in [1.165, 1.54) is 19.3 Å². The minimum atomic E-state index is -0.523. The van der Waals surface area contributed by atoms with Crippen molar-refractivity contribution in [3.8, 4) is 0 Å². The van der Waals surface area contributed by atoms with Crippen LogP contribution >= 0.6 is 0 Å². The molecule has 3 N–H and O–H groups in total. The molecule has 2 heterocycles. The summed E-state index contributed by atoms with van der Waals surface area (Å²) in [5.74, 6) is 0. The topological polar surface area (TPSA) is 82.4 Å². The summed E-state index contributed by atoms with van der Waals surface area (Å²) in [7, 11) is 0. The first-order valence-electron chi connectivity index (χ1n) is 8.05. The Hall–Kier alpha value is -1.60. The maximum Gasteiger partial charge on any atom is 0.315 e. The molecule has 0 bridgehead atoms. The standard InChI is InChI=1S/C15H27N5O2/c1-13(11-20-9-5-6-17-20)18-15(22)16-10-14(21)12-19-7-3-2-4-8-19/h5-6,9,13-14,21H,2-4,7-8,10-12H2,1H3,(H2,16,18,22)/t13-,14+/m1/s1. The highest BCUT2D eigenvalue weighted by Crippen LogP contribution is 2.08. The van der Waals surface area contributed by atoms with Crippen LogP contribution < -0.4 is 10.6 Å². The maximum absolute atomic E-state index is 11.8. The zero-order valence-corrected chi connectivity index (χ0v) is 13.2. The summed E-state index contributed by atoms with van der Waals surface area (Å²) in [4.78, 5) is 14.1. The summed E-state index contributed by atoms with van der Waals surface area (Å²) in [5, 5.41) is 19.7. The number of aromatic nitrogens is 2. The van der Waals surface area contributed by atoms with Crippen LogP contribution in [0.3, 0.4) is 0 Å². The monoisotopic (exact) mass is 309 g/mol. The summed E-state index contributed by atoms with van der Waals surface area (Å²) in [6.45, 7) is 5.54. The van der Waals surface area contributed by atoms with Gasteiger partial charge in [0.1, 0.15) is 0 Å². The van der Waals surface area contributed by atoms with Crippen LogP contribution in [-0.2, 0) is 6.54 Å². The van der Waals surface area contributed by atoms with E-state index in [2.05, 4.69) is 20.6 Å². The van der Waals surface area contributed by atoms with Crippen LogP contribution in [0.2, 0.25) is 0 Å². The zero-order chi connectivity index (χ0) is 15.8. The molecule has 0 unspecified atom stereocenters. The Morgan fingerprint density at radius 2 is 2.09 bits per heavy atom. The summed E-state index contributed by atoms with van der Waals surface area (Å²) in [6.07, 6.45) is 6.73. The minimum absolute atomic E-state index is 0.0286. The van der Waals surface area contributed by atoms with Crippen LogP contribution in [0, 0.1) is 0 Å². The van der Waals surface area contributed by atoms with Gasteiger partial charge in [0.05, 0.1) is 12.6 Å². The molecule has 1 aromatic rings. The SMILES string of the molecule is C[C@H](Cn1cccn1)NC(=O)NC[C@H](O)CN1CCCCC1. The number of likely N-dealkylation sites (tertiary alicyclic amines) is 1. The summed E-state index contributed by atoms with van der Waals surface area (Å²) >= 11 is 0.